The monoisotopic (exact) mass is 357 g/mol. The average molecular weight is 357 g/mol. The van der Waals surface area contributed by atoms with Crippen LogP contribution < -0.4 is 10.5 Å². The smallest absolute Gasteiger partial charge is 0.255 e. The highest BCUT2D eigenvalue weighted by Gasteiger charge is 2.17. The zero-order valence-corrected chi connectivity index (χ0v) is 14.7. The van der Waals surface area contributed by atoms with Crippen molar-refractivity contribution in [1.82, 2.24) is 9.80 Å². The number of halogens is 1. The van der Waals surface area contributed by atoms with E-state index in [2.05, 4.69) is 15.9 Å². The largest absolute Gasteiger partial charge is 0.484 e. The minimum Gasteiger partial charge on any atom is -0.484 e. The zero-order valence-electron chi connectivity index (χ0n) is 14.7. The van der Waals surface area contributed by atoms with Gasteiger partial charge in [0, 0.05) is 39.3 Å². The van der Waals surface area contributed by atoms with E-state index in [9.17, 15) is 9.18 Å². The number of piperazine rings is 1. The molecule has 26 heavy (non-hydrogen) atoms. The van der Waals surface area contributed by atoms with Crippen molar-refractivity contribution in [2.24, 2.45) is 5.73 Å². The van der Waals surface area contributed by atoms with Crippen LogP contribution in [0.4, 0.5) is 4.39 Å². The Hall–Kier alpha value is -2.44. The number of primary amides is 1. The van der Waals surface area contributed by atoms with Crippen molar-refractivity contribution < 1.29 is 13.9 Å². The van der Waals surface area contributed by atoms with Crippen LogP contribution in [0, 0.1) is 5.82 Å². The van der Waals surface area contributed by atoms with Crippen molar-refractivity contribution in [1.29, 1.82) is 0 Å². The van der Waals surface area contributed by atoms with Gasteiger partial charge in [0.2, 0.25) is 0 Å². The fraction of sp³-hybridized carbons (Fsp3) is 0.350. The van der Waals surface area contributed by atoms with Crippen LogP contribution in [0.15, 0.2) is 48.5 Å². The maximum Gasteiger partial charge on any atom is 0.255 e. The molecular formula is C20H24FN3O2. The Morgan fingerprint density at radius 1 is 0.962 bits per heavy atom. The molecule has 0 unspecified atom stereocenters. The van der Waals surface area contributed by atoms with E-state index in [1.54, 1.807) is 12.1 Å². The molecule has 3 rings (SSSR count). The second-order valence-corrected chi connectivity index (χ2v) is 6.58. The fourth-order valence-electron chi connectivity index (χ4n) is 3.15. The molecule has 2 aromatic carbocycles. The quantitative estimate of drug-likeness (QED) is 0.824. The van der Waals surface area contributed by atoms with Crippen LogP contribution in [-0.4, -0.2) is 48.5 Å². The number of carbonyl (C=O) groups is 1. The molecule has 0 aromatic heterocycles. The molecule has 0 spiro atoms. The molecule has 6 heteroatoms. The highest BCUT2D eigenvalue weighted by Crippen LogP contribution is 2.16. The Labute approximate surface area is 153 Å². The molecule has 1 saturated heterocycles. The van der Waals surface area contributed by atoms with Gasteiger partial charge in [0.25, 0.3) is 5.91 Å². The van der Waals surface area contributed by atoms with Crippen molar-refractivity contribution in [3.8, 4) is 5.75 Å². The average Bonchev–Trinajstić information content (AvgIpc) is 2.62. The van der Waals surface area contributed by atoms with E-state index in [1.807, 2.05) is 24.3 Å². The van der Waals surface area contributed by atoms with Crippen molar-refractivity contribution in [2.45, 2.75) is 13.1 Å². The molecule has 0 saturated carbocycles. The molecule has 2 N–H and O–H groups in total. The fourth-order valence-corrected chi connectivity index (χ4v) is 3.15. The lowest BCUT2D eigenvalue weighted by molar-refractivity contribution is -0.119. The van der Waals surface area contributed by atoms with Crippen LogP contribution in [0.5, 0.6) is 5.75 Å². The number of benzene rings is 2. The normalized spacial score (nSPS) is 15.7. The lowest BCUT2D eigenvalue weighted by Gasteiger charge is -2.34. The van der Waals surface area contributed by atoms with E-state index in [1.165, 1.54) is 6.07 Å². The predicted octanol–water partition coefficient (Wildman–Crippen LogP) is 2.01. The first-order chi connectivity index (χ1) is 12.6. The summed E-state index contributed by atoms with van der Waals surface area (Å²) in [6.45, 7) is 5.33. The van der Waals surface area contributed by atoms with Crippen molar-refractivity contribution in [3.63, 3.8) is 0 Å². The van der Waals surface area contributed by atoms with Gasteiger partial charge in [-0.15, -0.1) is 0 Å². The second kappa shape index (κ2) is 8.78. The van der Waals surface area contributed by atoms with E-state index < -0.39 is 5.91 Å². The molecule has 0 bridgehead atoms. The summed E-state index contributed by atoms with van der Waals surface area (Å²) in [6.07, 6.45) is 0. The summed E-state index contributed by atoms with van der Waals surface area (Å²) >= 11 is 0. The van der Waals surface area contributed by atoms with Crippen LogP contribution in [0.3, 0.4) is 0 Å². The summed E-state index contributed by atoms with van der Waals surface area (Å²) in [5, 5.41) is 0. The van der Waals surface area contributed by atoms with Gasteiger partial charge in [-0.3, -0.25) is 14.6 Å². The van der Waals surface area contributed by atoms with Gasteiger partial charge in [-0.1, -0.05) is 24.3 Å². The summed E-state index contributed by atoms with van der Waals surface area (Å²) in [6, 6.07) is 14.5. The lowest BCUT2D eigenvalue weighted by atomic mass is 10.1. The summed E-state index contributed by atoms with van der Waals surface area (Å²) in [5.74, 6) is -0.00423. The van der Waals surface area contributed by atoms with Gasteiger partial charge >= 0.3 is 0 Å². The number of nitrogens with zero attached hydrogens (tertiary/aromatic N) is 2. The standard InChI is InChI=1S/C20H24FN3O2/c21-18-5-1-3-16(11-18)13-23-7-9-24(10-8-23)14-17-4-2-6-19(12-17)26-15-20(22)25/h1-6,11-12H,7-10,13-15H2,(H2,22,25). The summed E-state index contributed by atoms with van der Waals surface area (Å²) in [4.78, 5) is 15.5. The zero-order chi connectivity index (χ0) is 18.4. The number of amides is 1. The highest BCUT2D eigenvalue weighted by molar-refractivity contribution is 5.75. The van der Waals surface area contributed by atoms with Crippen molar-refractivity contribution >= 4 is 5.91 Å². The molecule has 0 radical (unpaired) electrons. The predicted molar refractivity (Wildman–Crippen MR) is 98.1 cm³/mol. The maximum absolute atomic E-state index is 13.3. The van der Waals surface area contributed by atoms with Crippen LogP contribution >= 0.6 is 0 Å². The highest BCUT2D eigenvalue weighted by atomic mass is 19.1. The molecule has 1 heterocycles. The van der Waals surface area contributed by atoms with Gasteiger partial charge in [0.05, 0.1) is 0 Å². The SMILES string of the molecule is NC(=O)COc1cccc(CN2CCN(Cc3cccc(F)c3)CC2)c1. The topological polar surface area (TPSA) is 58.8 Å². The molecule has 138 valence electrons. The van der Waals surface area contributed by atoms with Gasteiger partial charge in [-0.05, 0) is 35.4 Å². The molecule has 5 nitrogen and oxygen atoms in total. The number of hydrogen-bond acceptors (Lipinski definition) is 4. The van der Waals surface area contributed by atoms with Gasteiger partial charge in [-0.2, -0.15) is 0 Å². The number of hydrogen-bond donors (Lipinski definition) is 1. The van der Waals surface area contributed by atoms with Crippen molar-refractivity contribution in [3.05, 3.63) is 65.5 Å². The van der Waals surface area contributed by atoms with E-state index in [-0.39, 0.29) is 12.4 Å². The van der Waals surface area contributed by atoms with Gasteiger partial charge in [-0.25, -0.2) is 4.39 Å². The van der Waals surface area contributed by atoms with E-state index in [0.29, 0.717) is 5.75 Å². The molecule has 1 aliphatic rings. The van der Waals surface area contributed by atoms with Crippen LogP contribution in [0.1, 0.15) is 11.1 Å². The first kappa shape index (κ1) is 18.4. The minimum atomic E-state index is -0.482. The third-order valence-electron chi connectivity index (χ3n) is 4.45. The summed E-state index contributed by atoms with van der Waals surface area (Å²) in [7, 11) is 0. The molecule has 1 aliphatic heterocycles. The number of nitrogens with two attached hydrogens (primary N) is 1. The first-order valence-corrected chi connectivity index (χ1v) is 8.78. The van der Waals surface area contributed by atoms with E-state index >= 15 is 0 Å². The van der Waals surface area contributed by atoms with E-state index in [0.717, 1.165) is 50.4 Å². The number of ether oxygens (including phenoxy) is 1. The van der Waals surface area contributed by atoms with Gasteiger partial charge in [0.15, 0.2) is 6.61 Å². The van der Waals surface area contributed by atoms with Crippen LogP contribution in [-0.2, 0) is 17.9 Å². The molecule has 1 amide bonds. The van der Waals surface area contributed by atoms with E-state index in [4.69, 9.17) is 10.5 Å². The summed E-state index contributed by atoms with van der Waals surface area (Å²) < 4.78 is 18.7. The molecule has 2 aromatic rings. The van der Waals surface area contributed by atoms with Crippen molar-refractivity contribution in [2.75, 3.05) is 32.8 Å². The lowest BCUT2D eigenvalue weighted by Crippen LogP contribution is -2.45. The molecule has 0 aliphatic carbocycles. The minimum absolute atomic E-state index is 0.109. The third kappa shape index (κ3) is 5.54. The number of rotatable bonds is 7. The Bertz CT molecular complexity index is 745. The Balaban J connectivity index is 1.48. The molecule has 0 atom stereocenters. The molecular weight excluding hydrogens is 333 g/mol. The maximum atomic E-state index is 13.3. The van der Waals surface area contributed by atoms with Gasteiger partial charge < -0.3 is 10.5 Å². The Morgan fingerprint density at radius 2 is 1.54 bits per heavy atom. The first-order valence-electron chi connectivity index (χ1n) is 8.78. The Kier molecular flexibility index (Phi) is 6.20. The molecule has 1 fully saturated rings. The van der Waals surface area contributed by atoms with Crippen LogP contribution in [0.2, 0.25) is 0 Å². The van der Waals surface area contributed by atoms with Gasteiger partial charge in [0.1, 0.15) is 11.6 Å². The third-order valence-corrected chi connectivity index (χ3v) is 4.45. The summed E-state index contributed by atoms with van der Waals surface area (Å²) in [5.41, 5.74) is 7.26. The van der Waals surface area contributed by atoms with Crippen LogP contribution in [0.25, 0.3) is 0 Å². The second-order valence-electron chi connectivity index (χ2n) is 6.58. The number of carbonyl (C=O) groups excluding carboxylic acids is 1. The Morgan fingerprint density at radius 3 is 2.12 bits per heavy atom.